The Morgan fingerprint density at radius 2 is 2.13 bits per heavy atom. The molecule has 0 aliphatic carbocycles. The molecule has 23 heavy (non-hydrogen) atoms. The molecule has 1 atom stereocenters. The first-order valence-corrected chi connectivity index (χ1v) is 7.42. The number of rotatable bonds is 4. The summed E-state index contributed by atoms with van der Waals surface area (Å²) in [7, 11) is 0. The van der Waals surface area contributed by atoms with Crippen molar-refractivity contribution in [3.05, 3.63) is 29.3 Å². The van der Waals surface area contributed by atoms with Crippen LogP contribution >= 0.6 is 36.2 Å². The quantitative estimate of drug-likeness (QED) is 0.854. The first-order chi connectivity index (χ1) is 10.2. The number of halogens is 2. The number of nitrogens with two attached hydrogens (primary N) is 1. The van der Waals surface area contributed by atoms with Crippen molar-refractivity contribution >= 4 is 42.1 Å². The summed E-state index contributed by atoms with van der Waals surface area (Å²) in [6, 6.07) is 5.53. The van der Waals surface area contributed by atoms with E-state index in [4.69, 9.17) is 15.2 Å². The zero-order valence-electron chi connectivity index (χ0n) is 12.3. The summed E-state index contributed by atoms with van der Waals surface area (Å²) in [5, 5.41) is 5.29. The monoisotopic (exact) mass is 377 g/mol. The van der Waals surface area contributed by atoms with E-state index in [1.165, 1.54) is 11.3 Å². The van der Waals surface area contributed by atoms with Crippen molar-refractivity contribution in [3.63, 3.8) is 0 Å². The topological polar surface area (TPSA) is 86.5 Å². The SMILES string of the molecule is C[C@@H](CN)NC(=O)c1csc(-c2ccc3c(c2)OCO3)n1.Cl.Cl. The van der Waals surface area contributed by atoms with Crippen LogP contribution in [0.2, 0.25) is 0 Å². The zero-order valence-corrected chi connectivity index (χ0v) is 14.7. The molecule has 0 saturated heterocycles. The minimum Gasteiger partial charge on any atom is -0.454 e. The molecule has 9 heteroatoms. The highest BCUT2D eigenvalue weighted by Crippen LogP contribution is 2.36. The van der Waals surface area contributed by atoms with Gasteiger partial charge in [0.1, 0.15) is 10.7 Å². The first-order valence-electron chi connectivity index (χ1n) is 6.54. The molecule has 2 aromatic rings. The molecule has 6 nitrogen and oxygen atoms in total. The summed E-state index contributed by atoms with van der Waals surface area (Å²) in [4.78, 5) is 16.3. The van der Waals surface area contributed by atoms with Crippen molar-refractivity contribution < 1.29 is 14.3 Å². The van der Waals surface area contributed by atoms with Gasteiger partial charge in [-0.3, -0.25) is 4.79 Å². The Morgan fingerprint density at radius 1 is 1.39 bits per heavy atom. The van der Waals surface area contributed by atoms with E-state index in [-0.39, 0.29) is 43.6 Å². The maximum atomic E-state index is 12.0. The highest BCUT2D eigenvalue weighted by molar-refractivity contribution is 7.13. The van der Waals surface area contributed by atoms with Gasteiger partial charge in [0.25, 0.3) is 5.91 Å². The number of amides is 1. The number of benzene rings is 1. The van der Waals surface area contributed by atoms with Crippen LogP contribution < -0.4 is 20.5 Å². The Balaban J connectivity index is 0.00000132. The minimum atomic E-state index is -0.212. The van der Waals surface area contributed by atoms with E-state index in [9.17, 15) is 4.79 Å². The van der Waals surface area contributed by atoms with Crippen molar-refractivity contribution in [2.24, 2.45) is 5.73 Å². The highest BCUT2D eigenvalue weighted by atomic mass is 35.5. The molecule has 0 fully saturated rings. The number of fused-ring (bicyclic) bond motifs is 1. The molecule has 0 saturated carbocycles. The number of aromatic nitrogens is 1. The number of nitrogens with zero attached hydrogens (tertiary/aromatic N) is 1. The lowest BCUT2D eigenvalue weighted by Crippen LogP contribution is -2.37. The third kappa shape index (κ3) is 4.26. The second kappa shape index (κ2) is 8.35. The Hall–Kier alpha value is -1.54. The van der Waals surface area contributed by atoms with Crippen molar-refractivity contribution in [2.75, 3.05) is 13.3 Å². The largest absolute Gasteiger partial charge is 0.454 e. The lowest BCUT2D eigenvalue weighted by Gasteiger charge is -2.09. The lowest BCUT2D eigenvalue weighted by atomic mass is 10.2. The number of carbonyl (C=O) groups is 1. The van der Waals surface area contributed by atoms with Gasteiger partial charge in [-0.1, -0.05) is 0 Å². The van der Waals surface area contributed by atoms with Gasteiger partial charge in [0.15, 0.2) is 11.5 Å². The van der Waals surface area contributed by atoms with Gasteiger partial charge < -0.3 is 20.5 Å². The predicted octanol–water partition coefficient (Wildman–Crippen LogP) is 2.46. The van der Waals surface area contributed by atoms with Gasteiger partial charge in [-0.2, -0.15) is 0 Å². The maximum absolute atomic E-state index is 12.0. The Bertz CT molecular complexity index is 681. The molecule has 0 spiro atoms. The van der Waals surface area contributed by atoms with Gasteiger partial charge in [-0.05, 0) is 25.1 Å². The van der Waals surface area contributed by atoms with Gasteiger partial charge in [-0.25, -0.2) is 4.98 Å². The van der Waals surface area contributed by atoms with Crippen molar-refractivity contribution in [1.82, 2.24) is 10.3 Å². The van der Waals surface area contributed by atoms with Crippen LogP contribution in [-0.4, -0.2) is 30.3 Å². The summed E-state index contributed by atoms with van der Waals surface area (Å²) in [5.41, 5.74) is 6.78. The average Bonchev–Trinajstić information content (AvgIpc) is 3.15. The van der Waals surface area contributed by atoms with Crippen LogP contribution in [0.15, 0.2) is 23.6 Å². The van der Waals surface area contributed by atoms with Crippen LogP contribution in [0.3, 0.4) is 0 Å². The molecule has 2 heterocycles. The number of hydrogen-bond donors (Lipinski definition) is 2. The van der Waals surface area contributed by atoms with Crippen LogP contribution in [0.25, 0.3) is 10.6 Å². The smallest absolute Gasteiger partial charge is 0.271 e. The van der Waals surface area contributed by atoms with Crippen LogP contribution in [0.1, 0.15) is 17.4 Å². The lowest BCUT2D eigenvalue weighted by molar-refractivity contribution is 0.0937. The fourth-order valence-corrected chi connectivity index (χ4v) is 2.69. The molecule has 0 radical (unpaired) electrons. The van der Waals surface area contributed by atoms with Crippen LogP contribution in [0, 0.1) is 0 Å². The highest BCUT2D eigenvalue weighted by Gasteiger charge is 2.17. The van der Waals surface area contributed by atoms with E-state index in [1.54, 1.807) is 5.38 Å². The molecule has 1 aliphatic rings. The summed E-state index contributed by atoms with van der Waals surface area (Å²) in [6.07, 6.45) is 0. The minimum absolute atomic E-state index is 0. The number of carbonyl (C=O) groups excluding carboxylic acids is 1. The normalized spacial score (nSPS) is 12.8. The van der Waals surface area contributed by atoms with Gasteiger partial charge in [-0.15, -0.1) is 36.2 Å². The predicted molar refractivity (Wildman–Crippen MR) is 94.2 cm³/mol. The van der Waals surface area contributed by atoms with Crippen molar-refractivity contribution in [2.45, 2.75) is 13.0 Å². The number of thiazole rings is 1. The number of hydrogen-bond acceptors (Lipinski definition) is 6. The molecular formula is C14H17Cl2N3O3S. The summed E-state index contributed by atoms with van der Waals surface area (Å²) in [5.74, 6) is 1.21. The van der Waals surface area contributed by atoms with E-state index in [2.05, 4.69) is 10.3 Å². The van der Waals surface area contributed by atoms with Crippen LogP contribution in [-0.2, 0) is 0 Å². The van der Waals surface area contributed by atoms with E-state index in [1.807, 2.05) is 25.1 Å². The third-order valence-corrected chi connectivity index (χ3v) is 3.98. The van der Waals surface area contributed by atoms with Crippen LogP contribution in [0.5, 0.6) is 11.5 Å². The molecule has 1 aliphatic heterocycles. The first kappa shape index (κ1) is 19.5. The summed E-state index contributed by atoms with van der Waals surface area (Å²) < 4.78 is 10.6. The van der Waals surface area contributed by atoms with E-state index in [0.29, 0.717) is 18.0 Å². The van der Waals surface area contributed by atoms with Gasteiger partial charge >= 0.3 is 0 Å². The molecule has 1 amide bonds. The number of ether oxygens (including phenoxy) is 2. The van der Waals surface area contributed by atoms with Crippen molar-refractivity contribution in [1.29, 1.82) is 0 Å². The maximum Gasteiger partial charge on any atom is 0.271 e. The molecule has 3 rings (SSSR count). The second-order valence-electron chi connectivity index (χ2n) is 4.72. The van der Waals surface area contributed by atoms with Gasteiger partial charge in [0, 0.05) is 23.5 Å². The summed E-state index contributed by atoms with van der Waals surface area (Å²) in [6.45, 7) is 2.48. The molecule has 1 aromatic heterocycles. The average molecular weight is 378 g/mol. The molecule has 1 aromatic carbocycles. The molecule has 0 bridgehead atoms. The molecule has 0 unspecified atom stereocenters. The zero-order chi connectivity index (χ0) is 14.8. The Morgan fingerprint density at radius 3 is 2.87 bits per heavy atom. The second-order valence-corrected chi connectivity index (χ2v) is 5.57. The third-order valence-electron chi connectivity index (χ3n) is 3.09. The summed E-state index contributed by atoms with van der Waals surface area (Å²) >= 11 is 1.41. The van der Waals surface area contributed by atoms with E-state index in [0.717, 1.165) is 16.3 Å². The molecule has 126 valence electrons. The number of nitrogens with one attached hydrogen (secondary N) is 1. The molecular weight excluding hydrogens is 361 g/mol. The van der Waals surface area contributed by atoms with Gasteiger partial charge in [0.2, 0.25) is 6.79 Å². The van der Waals surface area contributed by atoms with E-state index < -0.39 is 0 Å². The standard InChI is InChI=1S/C14H15N3O3S.2ClH/c1-8(5-15)16-13(18)10-6-21-14(17-10)9-2-3-11-12(4-9)20-7-19-11;;/h2-4,6,8H,5,7,15H2,1H3,(H,16,18);2*1H/t8-;;/m0../s1. The fraction of sp³-hybridized carbons (Fsp3) is 0.286. The molecule has 3 N–H and O–H groups in total. The van der Waals surface area contributed by atoms with Crippen LogP contribution in [0.4, 0.5) is 0 Å². The Labute approximate surface area is 150 Å². The fourth-order valence-electron chi connectivity index (χ4n) is 1.90. The Kier molecular flexibility index (Phi) is 7.08. The van der Waals surface area contributed by atoms with E-state index >= 15 is 0 Å². The van der Waals surface area contributed by atoms with Gasteiger partial charge in [0.05, 0.1) is 0 Å². The van der Waals surface area contributed by atoms with Crippen molar-refractivity contribution in [3.8, 4) is 22.1 Å².